The van der Waals surface area contributed by atoms with Crippen LogP contribution < -0.4 is 19.6 Å². The Morgan fingerprint density at radius 2 is 2.05 bits per heavy atom. The smallest absolute Gasteiger partial charge is 0.338 e. The molecule has 0 amide bonds. The molecule has 0 radical (unpaired) electrons. The van der Waals surface area contributed by atoms with Crippen LogP contribution in [0.3, 0.4) is 0 Å². The number of allylic oxidation sites excluding steroid dienone is 1. The Hall–Kier alpha value is -3.77. The number of carbonyl (C=O) groups is 1. The van der Waals surface area contributed by atoms with Gasteiger partial charge in [0.1, 0.15) is 11.8 Å². The van der Waals surface area contributed by atoms with E-state index in [1.807, 2.05) is 13.8 Å². The van der Waals surface area contributed by atoms with E-state index >= 15 is 0 Å². The quantitative estimate of drug-likeness (QED) is 0.246. The molecule has 2 aromatic carbocycles. The van der Waals surface area contributed by atoms with Gasteiger partial charge in [-0.1, -0.05) is 45.5 Å². The van der Waals surface area contributed by atoms with Crippen molar-refractivity contribution in [2.75, 3.05) is 6.61 Å². The van der Waals surface area contributed by atoms with Crippen molar-refractivity contribution in [2.24, 2.45) is 4.99 Å². The van der Waals surface area contributed by atoms with E-state index in [2.05, 4.69) is 20.9 Å². The molecule has 12 heteroatoms. The molecule has 0 unspecified atom stereocenters. The third-order valence-corrected chi connectivity index (χ3v) is 7.10. The van der Waals surface area contributed by atoms with Gasteiger partial charge in [-0.15, -0.1) is 0 Å². The van der Waals surface area contributed by atoms with Crippen molar-refractivity contribution in [3.8, 4) is 11.5 Å². The van der Waals surface area contributed by atoms with Crippen molar-refractivity contribution in [1.82, 2.24) is 4.57 Å². The molecule has 10 nitrogen and oxygen atoms in total. The molecule has 0 fully saturated rings. The average Bonchev–Trinajstić information content (AvgIpc) is 3.14. The zero-order chi connectivity index (χ0) is 27.7. The first-order valence-electron chi connectivity index (χ1n) is 11.7. The van der Waals surface area contributed by atoms with Crippen molar-refractivity contribution >= 4 is 45.0 Å². The maximum atomic E-state index is 13.8. The Balaban J connectivity index is 2.01. The molecule has 4 rings (SSSR count). The molecule has 0 saturated heterocycles. The summed E-state index contributed by atoms with van der Waals surface area (Å²) >= 11 is 4.25. The number of hydrogen-bond donors (Lipinski definition) is 1. The fraction of sp³-hybridized carbons (Fsp3) is 0.269. The molecule has 198 valence electrons. The third kappa shape index (κ3) is 5.14. The molecule has 1 aliphatic heterocycles. The van der Waals surface area contributed by atoms with E-state index in [-0.39, 0.29) is 28.4 Å². The predicted octanol–water partition coefficient (Wildman–Crippen LogP) is 3.96. The van der Waals surface area contributed by atoms with Gasteiger partial charge in [0, 0.05) is 21.7 Å². The number of halogens is 1. The number of aromatic nitrogens is 1. The minimum Gasteiger partial charge on any atom is -0.502 e. The largest absolute Gasteiger partial charge is 0.502 e. The van der Waals surface area contributed by atoms with Gasteiger partial charge in [-0.3, -0.25) is 19.5 Å². The van der Waals surface area contributed by atoms with Crippen molar-refractivity contribution in [1.29, 1.82) is 0 Å². The lowest BCUT2D eigenvalue weighted by molar-refractivity contribution is -0.385. The number of carbonyl (C=O) groups excluding carboxylic acids is 1. The number of nitro benzene ring substituents is 1. The second-order valence-corrected chi connectivity index (χ2v) is 10.6. The highest BCUT2D eigenvalue weighted by atomic mass is 79.9. The second kappa shape index (κ2) is 10.9. The molecule has 0 aliphatic carbocycles. The summed E-state index contributed by atoms with van der Waals surface area (Å²) in [5, 5.41) is 21.9. The maximum Gasteiger partial charge on any atom is 0.338 e. The van der Waals surface area contributed by atoms with E-state index in [0.717, 1.165) is 11.3 Å². The van der Waals surface area contributed by atoms with Crippen molar-refractivity contribution < 1.29 is 24.3 Å². The Labute approximate surface area is 229 Å². The first-order valence-corrected chi connectivity index (χ1v) is 13.3. The zero-order valence-electron chi connectivity index (χ0n) is 20.9. The van der Waals surface area contributed by atoms with Gasteiger partial charge in [-0.2, -0.15) is 0 Å². The number of nitro groups is 1. The van der Waals surface area contributed by atoms with Crippen LogP contribution in [0.5, 0.6) is 11.5 Å². The van der Waals surface area contributed by atoms with Crippen LogP contribution in [0.1, 0.15) is 44.9 Å². The van der Waals surface area contributed by atoms with Crippen LogP contribution in [-0.4, -0.2) is 33.3 Å². The number of fused-ring (bicyclic) bond motifs is 1. The minimum absolute atomic E-state index is 0.0813. The predicted molar refractivity (Wildman–Crippen MR) is 145 cm³/mol. The fourth-order valence-electron chi connectivity index (χ4n) is 4.15. The molecule has 38 heavy (non-hydrogen) atoms. The van der Waals surface area contributed by atoms with E-state index < -0.39 is 33.9 Å². The first kappa shape index (κ1) is 27.3. The molecule has 2 heterocycles. The third-order valence-electron chi connectivity index (χ3n) is 5.66. The van der Waals surface area contributed by atoms with Crippen molar-refractivity contribution in [3.63, 3.8) is 0 Å². The molecule has 1 aliphatic rings. The highest BCUT2D eigenvalue weighted by molar-refractivity contribution is 9.10. The first-order chi connectivity index (χ1) is 18.0. The fourth-order valence-corrected chi connectivity index (χ4v) is 5.65. The van der Waals surface area contributed by atoms with Gasteiger partial charge in [-0.25, -0.2) is 9.79 Å². The minimum atomic E-state index is -0.896. The van der Waals surface area contributed by atoms with Crippen LogP contribution >= 0.6 is 27.3 Å². The number of nitrogens with zero attached hydrogens (tertiary/aromatic N) is 3. The molecule has 1 N–H and O–H groups in total. The summed E-state index contributed by atoms with van der Waals surface area (Å²) in [5.74, 6) is -0.675. The van der Waals surface area contributed by atoms with Crippen molar-refractivity contribution in [2.45, 2.75) is 39.8 Å². The number of ether oxygens (including phenoxy) is 2. The topological polar surface area (TPSA) is 133 Å². The van der Waals surface area contributed by atoms with Gasteiger partial charge in [0.25, 0.3) is 5.56 Å². The van der Waals surface area contributed by atoms with Crippen LogP contribution in [0.2, 0.25) is 0 Å². The number of phenolic OH excluding ortho intramolecular Hbond substituents is 1. The SMILES string of the molecule is CCOC(=O)C1=C(C)N=c2s/c(=C\c3cc(Br)cc([N+](=O)[O-])c3O)c(=O)n2[C@@H]1c1ccccc1OC(C)C. The summed E-state index contributed by atoms with van der Waals surface area (Å²) in [6, 6.07) is 8.88. The van der Waals surface area contributed by atoms with Crippen LogP contribution in [0.25, 0.3) is 6.08 Å². The average molecular weight is 602 g/mol. The lowest BCUT2D eigenvalue weighted by Gasteiger charge is -2.26. The standard InChI is InChI=1S/C26H24BrN3O7S/c1-5-36-25(33)21-14(4)28-26-29(22(21)17-8-6-7-9-19(17)37-13(2)3)24(32)20(38-26)11-15-10-16(27)12-18(23(15)31)30(34)35/h6-13,22,31H,5H2,1-4H3/b20-11-/t22-/m1/s1. The lowest BCUT2D eigenvalue weighted by atomic mass is 9.95. The van der Waals surface area contributed by atoms with Gasteiger partial charge in [0.2, 0.25) is 5.75 Å². The number of benzene rings is 2. The number of thiazole rings is 1. The molecule has 0 bridgehead atoms. The van der Waals surface area contributed by atoms with E-state index in [4.69, 9.17) is 9.47 Å². The van der Waals surface area contributed by atoms with Crippen LogP contribution in [0, 0.1) is 10.1 Å². The monoisotopic (exact) mass is 601 g/mol. The van der Waals surface area contributed by atoms with Crippen LogP contribution in [0.15, 0.2) is 61.9 Å². The number of esters is 1. The van der Waals surface area contributed by atoms with Gasteiger partial charge >= 0.3 is 11.7 Å². The normalized spacial score (nSPS) is 15.3. The Morgan fingerprint density at radius 1 is 1.34 bits per heavy atom. The van der Waals surface area contributed by atoms with Crippen molar-refractivity contribution in [3.05, 3.63) is 93.1 Å². The summed E-state index contributed by atoms with van der Waals surface area (Å²) in [6.07, 6.45) is 1.20. The molecule has 1 atom stereocenters. The van der Waals surface area contributed by atoms with Crippen LogP contribution in [0.4, 0.5) is 5.69 Å². The molecular weight excluding hydrogens is 578 g/mol. The summed E-state index contributed by atoms with van der Waals surface area (Å²) in [4.78, 5) is 42.5. The second-order valence-electron chi connectivity index (χ2n) is 8.63. The number of phenols is 1. The highest BCUT2D eigenvalue weighted by Crippen LogP contribution is 2.37. The molecule has 0 saturated carbocycles. The summed E-state index contributed by atoms with van der Waals surface area (Å²) < 4.78 is 13.3. The molecule has 1 aromatic heterocycles. The van der Waals surface area contributed by atoms with Gasteiger partial charge in [-0.05, 0) is 45.9 Å². The van der Waals surface area contributed by atoms with E-state index in [1.54, 1.807) is 38.1 Å². The number of rotatable bonds is 7. The van der Waals surface area contributed by atoms with E-state index in [0.29, 0.717) is 26.3 Å². The number of hydrogen-bond acceptors (Lipinski definition) is 9. The van der Waals surface area contributed by atoms with Crippen LogP contribution in [-0.2, 0) is 9.53 Å². The highest BCUT2D eigenvalue weighted by Gasteiger charge is 2.35. The number of para-hydroxylation sites is 1. The number of aromatic hydroxyl groups is 1. The van der Waals surface area contributed by atoms with Gasteiger partial charge in [0.05, 0.1) is 33.4 Å². The van der Waals surface area contributed by atoms with Gasteiger partial charge in [0.15, 0.2) is 4.80 Å². The molecule has 0 spiro atoms. The summed E-state index contributed by atoms with van der Waals surface area (Å²) in [7, 11) is 0. The van der Waals surface area contributed by atoms with E-state index in [9.17, 15) is 24.8 Å². The van der Waals surface area contributed by atoms with Gasteiger partial charge < -0.3 is 14.6 Å². The molecular formula is C26H24BrN3O7S. The maximum absolute atomic E-state index is 13.8. The molecule has 3 aromatic rings. The Morgan fingerprint density at radius 3 is 2.71 bits per heavy atom. The Bertz CT molecular complexity index is 1660. The Kier molecular flexibility index (Phi) is 7.83. The summed E-state index contributed by atoms with van der Waals surface area (Å²) in [6.45, 7) is 7.25. The lowest BCUT2D eigenvalue weighted by Crippen LogP contribution is -2.40. The summed E-state index contributed by atoms with van der Waals surface area (Å²) in [5.41, 5.74) is 0.254. The van der Waals surface area contributed by atoms with E-state index in [1.165, 1.54) is 22.8 Å². The zero-order valence-corrected chi connectivity index (χ0v) is 23.3.